The maximum Gasteiger partial charge on any atom is 0.407 e. The van der Waals surface area contributed by atoms with Crippen molar-refractivity contribution in [2.75, 3.05) is 13.7 Å². The lowest BCUT2D eigenvalue weighted by Gasteiger charge is -2.44. The minimum Gasteiger partial charge on any atom is -0.457 e. The lowest BCUT2D eigenvalue weighted by atomic mass is 9.92. The lowest BCUT2D eigenvalue weighted by molar-refractivity contribution is -0.157. The van der Waals surface area contributed by atoms with Gasteiger partial charge in [-0.15, -0.1) is 11.8 Å². The molecule has 1 fully saturated rings. The second-order valence-electron chi connectivity index (χ2n) is 4.51. The van der Waals surface area contributed by atoms with Crippen molar-refractivity contribution < 1.29 is 23.9 Å². The quantitative estimate of drug-likeness (QED) is 0.460. The molecule has 2 aliphatic heterocycles. The first-order valence-corrected chi connectivity index (χ1v) is 7.30. The Balaban J connectivity index is 1.98. The van der Waals surface area contributed by atoms with Gasteiger partial charge in [0.1, 0.15) is 29.7 Å². The topological polar surface area (TPSA) is 84.9 Å². The van der Waals surface area contributed by atoms with Crippen molar-refractivity contribution in [2.24, 2.45) is 5.92 Å². The molecule has 0 aromatic heterocycles. The van der Waals surface area contributed by atoms with E-state index in [4.69, 9.17) is 9.47 Å². The Morgan fingerprint density at radius 2 is 2.33 bits per heavy atom. The van der Waals surface area contributed by atoms with Crippen LogP contribution >= 0.6 is 11.8 Å². The molecule has 0 bridgehead atoms. The number of nitrogens with zero attached hydrogens (tertiary/aromatic N) is 1. The number of β-lactam (4-membered cyclic amide) rings is 1. The molecule has 8 heteroatoms. The van der Waals surface area contributed by atoms with Crippen molar-refractivity contribution in [2.45, 2.75) is 18.4 Å². The van der Waals surface area contributed by atoms with E-state index in [1.165, 1.54) is 29.8 Å². The van der Waals surface area contributed by atoms with Crippen LogP contribution in [0.2, 0.25) is 0 Å². The monoisotopic (exact) mass is 312 g/mol. The Hall–Kier alpha value is -1.96. The molecular formula is C13H16N2O5S. The molecule has 2 rings (SSSR count). The van der Waals surface area contributed by atoms with Crippen LogP contribution < -0.4 is 5.32 Å². The number of rotatable bonds is 5. The summed E-state index contributed by atoms with van der Waals surface area (Å²) in [7, 11) is 1.45. The number of esters is 1. The normalized spacial score (nSPS) is 24.4. The van der Waals surface area contributed by atoms with Crippen LogP contribution in [-0.4, -0.2) is 48.0 Å². The highest BCUT2D eigenvalue weighted by Crippen LogP contribution is 2.46. The first kappa shape index (κ1) is 15.4. The Morgan fingerprint density at radius 1 is 1.62 bits per heavy atom. The van der Waals surface area contributed by atoms with Crippen LogP contribution in [-0.2, 0) is 19.1 Å². The van der Waals surface area contributed by atoms with Crippen LogP contribution in [0.25, 0.3) is 0 Å². The smallest absolute Gasteiger partial charge is 0.407 e. The second-order valence-corrected chi connectivity index (χ2v) is 5.50. The molecular weight excluding hydrogens is 296 g/mol. The van der Waals surface area contributed by atoms with Gasteiger partial charge in [0, 0.05) is 12.5 Å². The van der Waals surface area contributed by atoms with Crippen LogP contribution in [0.5, 0.6) is 0 Å². The van der Waals surface area contributed by atoms with Gasteiger partial charge in [0.15, 0.2) is 0 Å². The fourth-order valence-corrected chi connectivity index (χ4v) is 3.49. The zero-order chi connectivity index (χ0) is 15.6. The molecule has 0 spiro atoms. The van der Waals surface area contributed by atoms with Gasteiger partial charge in [0.05, 0.1) is 0 Å². The zero-order valence-electron chi connectivity index (χ0n) is 11.7. The molecule has 21 heavy (non-hydrogen) atoms. The second kappa shape index (κ2) is 6.21. The molecule has 3 atom stereocenters. The summed E-state index contributed by atoms with van der Waals surface area (Å²) in [4.78, 5) is 36.5. The first-order valence-electron chi connectivity index (χ1n) is 6.36. The van der Waals surface area contributed by atoms with E-state index in [0.29, 0.717) is 0 Å². The third-order valence-corrected chi connectivity index (χ3v) is 4.35. The highest BCUT2D eigenvalue weighted by molar-refractivity contribution is 8.03. The zero-order valence-corrected chi connectivity index (χ0v) is 12.5. The molecule has 0 radical (unpaired) electrons. The van der Waals surface area contributed by atoms with E-state index in [1.807, 2.05) is 0 Å². The molecule has 0 saturated carbocycles. The minimum absolute atomic E-state index is 0.0904. The van der Waals surface area contributed by atoms with Crippen molar-refractivity contribution in [1.29, 1.82) is 0 Å². The van der Waals surface area contributed by atoms with Gasteiger partial charge in [-0.05, 0) is 6.92 Å². The van der Waals surface area contributed by atoms with Crippen molar-refractivity contribution in [3.8, 4) is 0 Å². The van der Waals surface area contributed by atoms with Gasteiger partial charge in [0.25, 0.3) is 0 Å². The maximum atomic E-state index is 12.2. The largest absolute Gasteiger partial charge is 0.457 e. The van der Waals surface area contributed by atoms with Crippen LogP contribution in [0, 0.1) is 5.92 Å². The van der Waals surface area contributed by atoms with Crippen molar-refractivity contribution in [1.82, 2.24) is 10.2 Å². The van der Waals surface area contributed by atoms with E-state index in [2.05, 4.69) is 11.9 Å². The van der Waals surface area contributed by atoms with Crippen molar-refractivity contribution in [3.05, 3.63) is 23.8 Å². The summed E-state index contributed by atoms with van der Waals surface area (Å²) in [5.74, 6) is -1.27. The maximum absolute atomic E-state index is 12.2. The highest BCUT2D eigenvalue weighted by Gasteiger charge is 2.56. The summed E-state index contributed by atoms with van der Waals surface area (Å²) in [5, 5.41) is 3.70. The van der Waals surface area contributed by atoms with Gasteiger partial charge in [-0.1, -0.05) is 12.7 Å². The Morgan fingerprint density at radius 3 is 2.95 bits per heavy atom. The van der Waals surface area contributed by atoms with Gasteiger partial charge in [0.2, 0.25) is 5.91 Å². The number of fused-ring (bicyclic) bond motifs is 1. The van der Waals surface area contributed by atoms with Crippen molar-refractivity contribution in [3.63, 3.8) is 0 Å². The molecule has 1 N–H and O–H groups in total. The summed E-state index contributed by atoms with van der Waals surface area (Å²) >= 11 is 1.34. The van der Waals surface area contributed by atoms with E-state index in [9.17, 15) is 14.4 Å². The molecule has 2 aliphatic rings. The fraction of sp³-hybridized carbons (Fsp3) is 0.462. The Bertz CT molecular complexity index is 519. The number of carbonyl (C=O) groups is 3. The molecule has 0 aromatic rings. The van der Waals surface area contributed by atoms with Gasteiger partial charge in [-0.25, -0.2) is 9.59 Å². The number of thioether (sulfide) groups is 1. The van der Waals surface area contributed by atoms with Crippen LogP contribution in [0.4, 0.5) is 4.79 Å². The molecule has 2 amide bonds. The molecule has 7 nitrogen and oxygen atoms in total. The van der Waals surface area contributed by atoms with Crippen molar-refractivity contribution >= 4 is 29.7 Å². The summed E-state index contributed by atoms with van der Waals surface area (Å²) in [5.41, 5.74) is 0.222. The summed E-state index contributed by atoms with van der Waals surface area (Å²) in [6.45, 7) is 5.20. The number of nitrogens with one attached hydrogen (secondary N) is 1. The number of amides is 2. The number of ether oxygens (including phenoxy) is 2. The molecule has 2 heterocycles. The third-order valence-electron chi connectivity index (χ3n) is 3.21. The molecule has 114 valence electrons. The predicted molar refractivity (Wildman–Crippen MR) is 76.0 cm³/mol. The van der Waals surface area contributed by atoms with E-state index in [-0.39, 0.29) is 23.6 Å². The molecule has 0 aromatic carbocycles. The Labute approximate surface area is 126 Å². The number of hydrogen-bond donors (Lipinski definition) is 1. The summed E-state index contributed by atoms with van der Waals surface area (Å²) in [6.07, 6.45) is 0.302. The van der Waals surface area contributed by atoms with Crippen LogP contribution in [0.15, 0.2) is 23.8 Å². The van der Waals surface area contributed by atoms with E-state index >= 15 is 0 Å². The summed E-state index contributed by atoms with van der Waals surface area (Å²) < 4.78 is 10.0. The van der Waals surface area contributed by atoms with Gasteiger partial charge >= 0.3 is 12.1 Å². The van der Waals surface area contributed by atoms with Crippen LogP contribution in [0.1, 0.15) is 6.92 Å². The predicted octanol–water partition coefficient (Wildman–Crippen LogP) is 0.833. The average molecular weight is 312 g/mol. The summed E-state index contributed by atoms with van der Waals surface area (Å²) in [6, 6.07) is 0. The van der Waals surface area contributed by atoms with Crippen LogP contribution in [0.3, 0.4) is 0 Å². The highest BCUT2D eigenvalue weighted by atomic mass is 32.2. The van der Waals surface area contributed by atoms with Gasteiger partial charge in [-0.3, -0.25) is 9.69 Å². The number of carbonyl (C=O) groups excluding carboxylic acids is 3. The number of alkyl carbamates (subject to hydrolysis) is 1. The molecule has 0 unspecified atom stereocenters. The fourth-order valence-electron chi connectivity index (χ4n) is 2.17. The van der Waals surface area contributed by atoms with Gasteiger partial charge < -0.3 is 14.8 Å². The first-order chi connectivity index (χ1) is 10.0. The van der Waals surface area contributed by atoms with E-state index in [0.717, 1.165) is 0 Å². The molecule has 0 aliphatic carbocycles. The van der Waals surface area contributed by atoms with Gasteiger partial charge in [-0.2, -0.15) is 0 Å². The Kier molecular flexibility index (Phi) is 4.56. The lowest BCUT2D eigenvalue weighted by Crippen LogP contribution is -2.61. The minimum atomic E-state index is -0.588. The molecule has 1 saturated heterocycles. The van der Waals surface area contributed by atoms with E-state index in [1.54, 1.807) is 12.3 Å². The number of hydrogen-bond acceptors (Lipinski definition) is 6. The standard InChI is InChI=1S/C13H16N2O5S/c1-4-5-19-12(17)8-6-21-11-9(10(16)15(8)11)7(2)20-13(18)14-3/h4,6-7,9,11H,1,5H2,2-3H3,(H,14,18)/t7-,9+,11+/m1/s1. The third kappa shape index (κ3) is 2.76. The van der Waals surface area contributed by atoms with E-state index < -0.39 is 24.1 Å². The average Bonchev–Trinajstić information content (AvgIpc) is 2.83. The SMILES string of the molecule is C=CCOC(=O)C1=CS[C@H]2[C@@H]([C@@H](C)OC(=O)NC)C(=O)N12.